The molecule has 1 aromatic carbocycles. The smallest absolute Gasteiger partial charge is 0.292 e. The molecule has 0 spiro atoms. The lowest BCUT2D eigenvalue weighted by Crippen LogP contribution is -1.88. The fraction of sp³-hybridized carbons (Fsp3) is 0.391. The van der Waals surface area contributed by atoms with Crippen LogP contribution in [0.3, 0.4) is 0 Å². The number of benzene rings is 1. The molecule has 0 fully saturated rings. The van der Waals surface area contributed by atoms with Crippen LogP contribution in [0, 0.1) is 13.8 Å². The van der Waals surface area contributed by atoms with Crippen molar-refractivity contribution in [2.45, 2.75) is 54.9 Å². The van der Waals surface area contributed by atoms with Crippen molar-refractivity contribution in [3.8, 4) is 0 Å². The summed E-state index contributed by atoms with van der Waals surface area (Å²) < 4.78 is 9.43. The van der Waals surface area contributed by atoms with Gasteiger partial charge in [0, 0.05) is 12.5 Å². The predicted molar refractivity (Wildman–Crippen MR) is 113 cm³/mol. The fourth-order valence-electron chi connectivity index (χ4n) is 1.84. The average molecular weight is 375 g/mol. The Morgan fingerprint density at radius 3 is 1.93 bits per heavy atom. The largest absolute Gasteiger partial charge is 0.471 e. The molecule has 0 aliphatic carbocycles. The molecule has 1 heterocycles. The highest BCUT2D eigenvalue weighted by Gasteiger charge is 2.14. The summed E-state index contributed by atoms with van der Waals surface area (Å²) in [5.41, 5.74) is 3.95. The van der Waals surface area contributed by atoms with Gasteiger partial charge in [0.1, 0.15) is 5.76 Å². The quantitative estimate of drug-likeness (QED) is 0.459. The van der Waals surface area contributed by atoms with Crippen LogP contribution >= 0.6 is 0 Å². The van der Waals surface area contributed by atoms with Crippen LogP contribution in [-0.2, 0) is 9.53 Å². The summed E-state index contributed by atoms with van der Waals surface area (Å²) in [6.07, 6.45) is 1.25. The molecule has 4 heteroatoms. The molecule has 0 saturated heterocycles. The second-order valence-corrected chi connectivity index (χ2v) is 5.56. The summed E-state index contributed by atoms with van der Waals surface area (Å²) in [6, 6.07) is 9.84. The van der Waals surface area contributed by atoms with Crippen molar-refractivity contribution in [2.24, 2.45) is 0 Å². The van der Waals surface area contributed by atoms with Gasteiger partial charge in [-0.05, 0) is 31.0 Å². The van der Waals surface area contributed by atoms with Gasteiger partial charge in [-0.25, -0.2) is 0 Å². The molecule has 150 valence electrons. The van der Waals surface area contributed by atoms with Gasteiger partial charge in [-0.15, -0.1) is 0 Å². The maximum atomic E-state index is 11.3. The van der Waals surface area contributed by atoms with Crippen molar-refractivity contribution in [1.29, 1.82) is 0 Å². The van der Waals surface area contributed by atoms with Crippen LogP contribution in [0.4, 0.5) is 0 Å². The van der Waals surface area contributed by atoms with E-state index in [1.54, 1.807) is 6.07 Å². The van der Waals surface area contributed by atoms with Gasteiger partial charge in [0.2, 0.25) is 0 Å². The Hall–Kier alpha value is -2.62. The molecule has 0 saturated carbocycles. The van der Waals surface area contributed by atoms with Gasteiger partial charge in [0.05, 0.1) is 7.11 Å². The number of Topliss-reactive ketones (excluding diaryl/α,β-unsaturated/α-hetero) is 1. The Labute approximate surface area is 164 Å². The van der Waals surface area contributed by atoms with Crippen LogP contribution in [-0.4, -0.2) is 19.4 Å². The molecular weight excluding hydrogens is 340 g/mol. The van der Waals surface area contributed by atoms with Crippen molar-refractivity contribution < 1.29 is 18.7 Å². The van der Waals surface area contributed by atoms with Gasteiger partial charge in [-0.2, -0.15) is 0 Å². The van der Waals surface area contributed by atoms with E-state index >= 15 is 0 Å². The normalized spacial score (nSPS) is 8.59. The first-order valence-electron chi connectivity index (χ1n) is 9.16. The molecule has 0 atom stereocenters. The predicted octanol–water partition coefficient (Wildman–Crippen LogP) is 6.39. The van der Waals surface area contributed by atoms with Crippen molar-refractivity contribution in [1.82, 2.24) is 0 Å². The van der Waals surface area contributed by atoms with Gasteiger partial charge in [-0.3, -0.25) is 9.59 Å². The van der Waals surface area contributed by atoms with E-state index in [0.717, 1.165) is 16.7 Å². The Kier molecular flexibility index (Phi) is 15.4. The molecule has 0 aliphatic heterocycles. The van der Waals surface area contributed by atoms with Crippen LogP contribution in [0.25, 0.3) is 5.57 Å². The number of methoxy groups -OCH3 is 1. The second-order valence-electron chi connectivity index (χ2n) is 5.56. The number of aryl methyl sites for hydroxylation is 2. The van der Waals surface area contributed by atoms with Crippen LogP contribution in [0.2, 0.25) is 0 Å². The zero-order valence-corrected chi connectivity index (χ0v) is 18.0. The maximum absolute atomic E-state index is 11.3. The minimum atomic E-state index is -0.0685. The van der Waals surface area contributed by atoms with Crippen molar-refractivity contribution >= 4 is 17.8 Å². The first-order valence-corrected chi connectivity index (χ1v) is 9.16. The number of hydrogen-bond donors (Lipinski definition) is 0. The third-order valence-corrected chi connectivity index (χ3v) is 3.04. The average Bonchev–Trinajstić information content (AvgIpc) is 3.06. The number of furan rings is 1. The van der Waals surface area contributed by atoms with Crippen LogP contribution < -0.4 is 0 Å². The Morgan fingerprint density at radius 1 is 1.15 bits per heavy atom. The minimum absolute atomic E-state index is 0.0685. The van der Waals surface area contributed by atoms with E-state index in [4.69, 9.17) is 9.21 Å². The van der Waals surface area contributed by atoms with E-state index in [2.05, 4.69) is 25.2 Å². The molecule has 0 aliphatic rings. The number of hydrogen-bond acceptors (Lipinski definition) is 4. The van der Waals surface area contributed by atoms with Crippen molar-refractivity contribution in [3.63, 3.8) is 0 Å². The zero-order chi connectivity index (χ0) is 21.4. The highest BCUT2D eigenvalue weighted by molar-refractivity contribution is 5.92. The molecule has 0 amide bonds. The zero-order valence-electron chi connectivity index (χ0n) is 18.0. The van der Waals surface area contributed by atoms with E-state index in [-0.39, 0.29) is 5.78 Å². The molecule has 1 aromatic heterocycles. The number of rotatable bonds is 4. The molecule has 0 unspecified atom stereocenters. The number of ether oxygens (including phenoxy) is 1. The SMILES string of the molecule is C=C(c1ccc(C)cc1)c1oc(C(C)=O)cc1C.CC.CCC.COC=O. The van der Waals surface area contributed by atoms with Gasteiger partial charge in [-0.1, -0.05) is 70.5 Å². The van der Waals surface area contributed by atoms with Gasteiger partial charge in [0.25, 0.3) is 6.47 Å². The summed E-state index contributed by atoms with van der Waals surface area (Å²) in [4.78, 5) is 20.2. The fourth-order valence-corrected chi connectivity index (χ4v) is 1.84. The summed E-state index contributed by atoms with van der Waals surface area (Å²) in [6.45, 7) is 18.1. The third kappa shape index (κ3) is 10.2. The molecule has 0 bridgehead atoms. The molecule has 2 rings (SSSR count). The first-order chi connectivity index (χ1) is 12.8. The monoisotopic (exact) mass is 374 g/mol. The number of carbonyl (C=O) groups excluding carboxylic acids is 2. The summed E-state index contributed by atoms with van der Waals surface area (Å²) >= 11 is 0. The van der Waals surface area contributed by atoms with E-state index in [9.17, 15) is 4.79 Å². The standard InChI is InChI=1S/C16H16O2.C3H8.C2H4O2.C2H6/c1-10-5-7-14(8-6-10)12(3)16-11(2)9-15(18-16)13(4)17;1-3-2;1-4-2-3;1-2/h5-9H,3H2,1-2,4H3;3H2,1-2H3;2H,1H3;1-2H3. The Balaban J connectivity index is 0. The van der Waals surface area contributed by atoms with E-state index in [1.807, 2.05) is 52.0 Å². The maximum Gasteiger partial charge on any atom is 0.292 e. The number of ketones is 1. The first kappa shape index (κ1) is 26.6. The van der Waals surface area contributed by atoms with Crippen molar-refractivity contribution in [2.75, 3.05) is 7.11 Å². The molecule has 0 N–H and O–H groups in total. The minimum Gasteiger partial charge on any atom is -0.471 e. The van der Waals surface area contributed by atoms with Gasteiger partial charge in [0.15, 0.2) is 11.5 Å². The lowest BCUT2D eigenvalue weighted by atomic mass is 10.0. The highest BCUT2D eigenvalue weighted by atomic mass is 16.5. The van der Waals surface area contributed by atoms with E-state index < -0.39 is 0 Å². The van der Waals surface area contributed by atoms with Crippen LogP contribution in [0.5, 0.6) is 0 Å². The van der Waals surface area contributed by atoms with E-state index in [1.165, 1.54) is 26.0 Å². The van der Waals surface area contributed by atoms with Crippen LogP contribution in [0.1, 0.15) is 74.0 Å². The second kappa shape index (κ2) is 15.6. The molecule has 27 heavy (non-hydrogen) atoms. The molecular formula is C23H34O4. The summed E-state index contributed by atoms with van der Waals surface area (Å²) in [7, 11) is 1.31. The lowest BCUT2D eigenvalue weighted by molar-refractivity contribution is -0.126. The summed E-state index contributed by atoms with van der Waals surface area (Å²) in [5.74, 6) is 1.00. The lowest BCUT2D eigenvalue weighted by Gasteiger charge is -2.04. The highest BCUT2D eigenvalue weighted by Crippen LogP contribution is 2.27. The molecule has 2 aromatic rings. The molecule has 4 nitrogen and oxygen atoms in total. The van der Waals surface area contributed by atoms with Gasteiger partial charge >= 0.3 is 0 Å². The number of carbonyl (C=O) groups is 2. The Bertz CT molecular complexity index is 679. The summed E-state index contributed by atoms with van der Waals surface area (Å²) in [5, 5.41) is 0. The Morgan fingerprint density at radius 2 is 1.59 bits per heavy atom. The van der Waals surface area contributed by atoms with Crippen LogP contribution in [0.15, 0.2) is 41.3 Å². The van der Waals surface area contributed by atoms with E-state index in [0.29, 0.717) is 18.0 Å². The van der Waals surface area contributed by atoms with Crippen molar-refractivity contribution in [3.05, 3.63) is 65.1 Å². The topological polar surface area (TPSA) is 56.5 Å². The molecule has 0 radical (unpaired) electrons. The third-order valence-electron chi connectivity index (χ3n) is 3.04. The van der Waals surface area contributed by atoms with Gasteiger partial charge < -0.3 is 9.15 Å².